The van der Waals surface area contributed by atoms with Gasteiger partial charge in [-0.25, -0.2) is 4.79 Å². The van der Waals surface area contributed by atoms with E-state index in [1.54, 1.807) is 6.08 Å². The molecule has 0 unspecified atom stereocenters. The molecule has 0 atom stereocenters. The molecule has 94 valence electrons. The molecule has 0 saturated heterocycles. The number of fused-ring (bicyclic) bond motifs is 1. The van der Waals surface area contributed by atoms with Crippen molar-refractivity contribution in [2.24, 2.45) is 5.16 Å². The van der Waals surface area contributed by atoms with Gasteiger partial charge in [0.1, 0.15) is 5.71 Å². The van der Waals surface area contributed by atoms with Crippen molar-refractivity contribution in [3.05, 3.63) is 53.6 Å². The summed E-state index contributed by atoms with van der Waals surface area (Å²) in [4.78, 5) is 16.3. The number of alkyl halides is 1. The van der Waals surface area contributed by atoms with Crippen LogP contribution in [0.3, 0.4) is 0 Å². The third-order valence-electron chi connectivity index (χ3n) is 3.02. The van der Waals surface area contributed by atoms with Crippen LogP contribution in [0.4, 0.5) is 0 Å². The molecule has 4 heteroatoms. The molecule has 0 spiro atoms. The zero-order chi connectivity index (χ0) is 13.2. The van der Waals surface area contributed by atoms with Crippen molar-refractivity contribution < 1.29 is 9.63 Å². The molecule has 1 aliphatic heterocycles. The van der Waals surface area contributed by atoms with E-state index in [2.05, 4.69) is 9.99 Å². The number of oxime groups is 1. The van der Waals surface area contributed by atoms with Gasteiger partial charge >= 0.3 is 5.97 Å². The highest BCUT2D eigenvalue weighted by Gasteiger charge is 2.24. The number of carbonyl (C=O) groups is 1. The van der Waals surface area contributed by atoms with Gasteiger partial charge in [-0.2, -0.15) is 0 Å². The summed E-state index contributed by atoms with van der Waals surface area (Å²) in [5.41, 5.74) is 1.84. The van der Waals surface area contributed by atoms with Crippen molar-refractivity contribution in [2.45, 2.75) is 0 Å². The van der Waals surface area contributed by atoms with Gasteiger partial charge in [0.05, 0.1) is 11.5 Å². The van der Waals surface area contributed by atoms with Crippen LogP contribution in [0.25, 0.3) is 16.8 Å². The Labute approximate surface area is 115 Å². The van der Waals surface area contributed by atoms with E-state index >= 15 is 0 Å². The molecule has 0 aliphatic carbocycles. The van der Waals surface area contributed by atoms with Crippen LogP contribution in [0.15, 0.2) is 53.2 Å². The van der Waals surface area contributed by atoms with Crippen molar-refractivity contribution in [3.8, 4) is 0 Å². The number of nitrogens with zero attached hydrogens (tertiary/aromatic N) is 1. The molecule has 0 fully saturated rings. The fraction of sp³-hybridized carbons (Fsp3) is 0.0667. The molecule has 0 N–H and O–H groups in total. The molecule has 2 aromatic rings. The highest BCUT2D eigenvalue weighted by atomic mass is 35.5. The van der Waals surface area contributed by atoms with Crippen molar-refractivity contribution in [1.82, 2.24) is 0 Å². The van der Waals surface area contributed by atoms with Gasteiger partial charge in [-0.3, -0.25) is 0 Å². The number of rotatable bonds is 2. The SMILES string of the molecule is O=C1ON=C(CCl)/C1=C/c1cccc2ccccc12. The van der Waals surface area contributed by atoms with Gasteiger partial charge < -0.3 is 4.84 Å². The maximum Gasteiger partial charge on any atom is 0.367 e. The maximum atomic E-state index is 11.6. The first-order valence-electron chi connectivity index (χ1n) is 5.83. The molecule has 1 aliphatic rings. The predicted molar refractivity (Wildman–Crippen MR) is 76.2 cm³/mol. The minimum Gasteiger partial charge on any atom is -0.312 e. The van der Waals surface area contributed by atoms with Gasteiger partial charge in [0.15, 0.2) is 0 Å². The number of benzene rings is 2. The normalized spacial score (nSPS) is 16.8. The minimum absolute atomic E-state index is 0.155. The van der Waals surface area contributed by atoms with Crippen LogP contribution >= 0.6 is 11.6 Å². The molecule has 2 aromatic carbocycles. The zero-order valence-electron chi connectivity index (χ0n) is 9.97. The lowest BCUT2D eigenvalue weighted by Gasteiger charge is -2.02. The monoisotopic (exact) mass is 271 g/mol. The average Bonchev–Trinajstić information content (AvgIpc) is 2.80. The summed E-state index contributed by atoms with van der Waals surface area (Å²) in [7, 11) is 0. The summed E-state index contributed by atoms with van der Waals surface area (Å²) in [6, 6.07) is 13.9. The molecular weight excluding hydrogens is 262 g/mol. The molecule has 0 bridgehead atoms. The van der Waals surface area contributed by atoms with Crippen molar-refractivity contribution in [3.63, 3.8) is 0 Å². The Balaban J connectivity index is 2.15. The van der Waals surface area contributed by atoms with E-state index < -0.39 is 5.97 Å². The standard InChI is InChI=1S/C15H10ClNO2/c16-9-14-13(15(18)19-17-14)8-11-6-3-5-10-4-1-2-7-12(10)11/h1-8H,9H2/b13-8-. The largest absolute Gasteiger partial charge is 0.367 e. The first-order chi connectivity index (χ1) is 9.29. The second-order valence-corrected chi connectivity index (χ2v) is 4.44. The lowest BCUT2D eigenvalue weighted by Crippen LogP contribution is -2.06. The van der Waals surface area contributed by atoms with Crippen molar-refractivity contribution in [2.75, 3.05) is 5.88 Å². The molecular formula is C15H10ClNO2. The van der Waals surface area contributed by atoms with Crippen LogP contribution < -0.4 is 0 Å². The van der Waals surface area contributed by atoms with Crippen LogP contribution in [0, 0.1) is 0 Å². The van der Waals surface area contributed by atoms with Crippen LogP contribution in [-0.4, -0.2) is 17.6 Å². The fourth-order valence-electron chi connectivity index (χ4n) is 2.08. The second-order valence-electron chi connectivity index (χ2n) is 4.18. The van der Waals surface area contributed by atoms with E-state index in [4.69, 9.17) is 11.6 Å². The molecule has 0 radical (unpaired) electrons. The van der Waals surface area contributed by atoms with Crippen LogP contribution in [0.2, 0.25) is 0 Å². The third kappa shape index (κ3) is 2.13. The minimum atomic E-state index is -0.455. The van der Waals surface area contributed by atoms with E-state index in [-0.39, 0.29) is 5.88 Å². The Morgan fingerprint density at radius 3 is 2.79 bits per heavy atom. The van der Waals surface area contributed by atoms with Crippen LogP contribution in [0.5, 0.6) is 0 Å². The third-order valence-corrected chi connectivity index (χ3v) is 3.27. The predicted octanol–water partition coefficient (Wildman–Crippen LogP) is 3.37. The quantitative estimate of drug-likeness (QED) is 0.477. The van der Waals surface area contributed by atoms with E-state index in [9.17, 15) is 4.79 Å². The topological polar surface area (TPSA) is 38.7 Å². The smallest absolute Gasteiger partial charge is 0.312 e. The molecule has 3 rings (SSSR count). The Bertz CT molecular complexity index is 714. The van der Waals surface area contributed by atoms with Crippen LogP contribution in [0.1, 0.15) is 5.56 Å². The average molecular weight is 272 g/mol. The zero-order valence-corrected chi connectivity index (χ0v) is 10.7. The van der Waals surface area contributed by atoms with Gasteiger partial charge in [-0.1, -0.05) is 47.6 Å². The van der Waals surface area contributed by atoms with Gasteiger partial charge in [0.2, 0.25) is 0 Å². The van der Waals surface area contributed by atoms with Gasteiger partial charge in [0, 0.05) is 0 Å². The molecule has 0 amide bonds. The molecule has 3 nitrogen and oxygen atoms in total. The number of carbonyl (C=O) groups excluding carboxylic acids is 1. The molecule has 0 saturated carbocycles. The van der Waals surface area contributed by atoms with Crippen LogP contribution in [-0.2, 0) is 9.63 Å². The summed E-state index contributed by atoms with van der Waals surface area (Å²) < 4.78 is 0. The van der Waals surface area contributed by atoms with E-state index in [1.807, 2.05) is 42.5 Å². The molecule has 0 aromatic heterocycles. The Kier molecular flexibility index (Phi) is 3.05. The van der Waals surface area contributed by atoms with Gasteiger partial charge in [-0.15, -0.1) is 11.6 Å². The van der Waals surface area contributed by atoms with Gasteiger partial charge in [-0.05, 0) is 22.4 Å². The molecule has 19 heavy (non-hydrogen) atoms. The number of halogens is 1. The Morgan fingerprint density at radius 2 is 1.95 bits per heavy atom. The number of hydrogen-bond acceptors (Lipinski definition) is 3. The second kappa shape index (κ2) is 4.86. The van der Waals surface area contributed by atoms with Crippen molar-refractivity contribution in [1.29, 1.82) is 0 Å². The molecule has 1 heterocycles. The van der Waals surface area contributed by atoms with E-state index in [0.29, 0.717) is 11.3 Å². The Morgan fingerprint density at radius 1 is 1.16 bits per heavy atom. The summed E-state index contributed by atoms with van der Waals surface area (Å²) in [6.07, 6.45) is 1.78. The highest BCUT2D eigenvalue weighted by molar-refractivity contribution is 6.38. The lowest BCUT2D eigenvalue weighted by atomic mass is 10.0. The van der Waals surface area contributed by atoms with Crippen molar-refractivity contribution >= 4 is 40.1 Å². The Hall–Kier alpha value is -2.13. The summed E-state index contributed by atoms with van der Waals surface area (Å²) in [5.74, 6) is -0.300. The number of hydrogen-bond donors (Lipinski definition) is 0. The lowest BCUT2D eigenvalue weighted by molar-refractivity contribution is -0.136. The maximum absolute atomic E-state index is 11.6. The summed E-state index contributed by atoms with van der Waals surface area (Å²) >= 11 is 5.75. The highest BCUT2D eigenvalue weighted by Crippen LogP contribution is 2.23. The fourth-order valence-corrected chi connectivity index (χ4v) is 2.28. The van der Waals surface area contributed by atoms with E-state index in [0.717, 1.165) is 16.3 Å². The summed E-state index contributed by atoms with van der Waals surface area (Å²) in [5, 5.41) is 5.85. The summed E-state index contributed by atoms with van der Waals surface area (Å²) in [6.45, 7) is 0. The van der Waals surface area contributed by atoms with E-state index in [1.165, 1.54) is 0 Å². The first kappa shape index (κ1) is 11.9. The van der Waals surface area contributed by atoms with Gasteiger partial charge in [0.25, 0.3) is 0 Å². The first-order valence-corrected chi connectivity index (χ1v) is 6.37.